The molecular formula is C25H32O3. The van der Waals surface area contributed by atoms with Crippen LogP contribution in [0.5, 0.6) is 0 Å². The zero-order valence-corrected chi connectivity index (χ0v) is 16.5. The Balaban J connectivity index is 1.69. The molecule has 0 aliphatic rings. The van der Waals surface area contributed by atoms with Gasteiger partial charge in [-0.15, -0.1) is 0 Å². The normalized spacial score (nSPS) is 12.9. The molecule has 0 heterocycles. The van der Waals surface area contributed by atoms with Crippen LogP contribution in [-0.2, 0) is 11.2 Å². The first-order valence-corrected chi connectivity index (χ1v) is 10.2. The van der Waals surface area contributed by atoms with Gasteiger partial charge in [0, 0.05) is 20.3 Å². The number of aryl methyl sites for hydroxylation is 2. The van der Waals surface area contributed by atoms with E-state index in [1.54, 1.807) is 24.3 Å². The lowest BCUT2D eigenvalue weighted by Gasteiger charge is -2.05. The van der Waals surface area contributed by atoms with E-state index in [0.29, 0.717) is 11.1 Å². The molecule has 1 atom stereocenters. The topological polar surface area (TPSA) is 54.4 Å². The molecule has 0 saturated heterocycles. The Labute approximate surface area is 171 Å². The molecule has 2 aromatic carbocycles. The number of rotatable bonds is 13. The maximum Gasteiger partial charge on any atom is 0.303 e. The molecule has 1 N–H and O–H groups in total. The van der Waals surface area contributed by atoms with Crippen molar-refractivity contribution < 1.29 is 17.4 Å². The van der Waals surface area contributed by atoms with Crippen LogP contribution in [0.1, 0.15) is 87.6 Å². The number of aliphatic carboxylic acids is 1. The molecule has 2 rings (SSSR count). The molecule has 3 heteroatoms. The van der Waals surface area contributed by atoms with Gasteiger partial charge < -0.3 is 5.11 Å². The van der Waals surface area contributed by atoms with Crippen LogP contribution >= 0.6 is 0 Å². The molecule has 0 aromatic heterocycles. The quantitative estimate of drug-likeness (QED) is 0.324. The summed E-state index contributed by atoms with van der Waals surface area (Å²) in [5.41, 5.74) is 3.06. The zero-order chi connectivity index (χ0) is 21.8. The molecule has 0 spiro atoms. The molecule has 0 aliphatic carbocycles. The summed E-state index contributed by atoms with van der Waals surface area (Å²) < 4.78 is 15.7. The highest BCUT2D eigenvalue weighted by atomic mass is 16.4. The average molecular weight is 383 g/mol. The predicted octanol–water partition coefficient (Wildman–Crippen LogP) is 6.36. The molecule has 0 bridgehead atoms. The maximum absolute atomic E-state index is 12.6. The van der Waals surface area contributed by atoms with Crippen LogP contribution in [0.15, 0.2) is 48.5 Å². The van der Waals surface area contributed by atoms with Crippen LogP contribution in [0.3, 0.4) is 0 Å². The lowest BCUT2D eigenvalue weighted by atomic mass is 9.99. The zero-order valence-electron chi connectivity index (χ0n) is 18.5. The van der Waals surface area contributed by atoms with Gasteiger partial charge in [0.25, 0.3) is 0 Å². The van der Waals surface area contributed by atoms with Crippen molar-refractivity contribution in [3.63, 3.8) is 0 Å². The average Bonchev–Trinajstić information content (AvgIpc) is 2.77. The van der Waals surface area contributed by atoms with E-state index in [-0.39, 0.29) is 25.5 Å². The van der Waals surface area contributed by atoms with Crippen molar-refractivity contribution in [2.75, 3.05) is 0 Å². The van der Waals surface area contributed by atoms with Crippen molar-refractivity contribution in [2.45, 2.75) is 71.1 Å². The van der Waals surface area contributed by atoms with Gasteiger partial charge in [0.2, 0.25) is 0 Å². The van der Waals surface area contributed by atoms with E-state index in [9.17, 15) is 9.59 Å². The lowest BCUT2D eigenvalue weighted by molar-refractivity contribution is -0.137. The highest BCUT2D eigenvalue weighted by Crippen LogP contribution is 2.15. The van der Waals surface area contributed by atoms with Gasteiger partial charge >= 0.3 is 5.97 Å². The summed E-state index contributed by atoms with van der Waals surface area (Å²) in [4.78, 5) is 23.0. The molecule has 0 saturated carbocycles. The van der Waals surface area contributed by atoms with Crippen molar-refractivity contribution in [1.29, 1.82) is 0 Å². The Morgan fingerprint density at radius 3 is 1.82 bits per heavy atom. The highest BCUT2D eigenvalue weighted by Gasteiger charge is 2.08. The minimum Gasteiger partial charge on any atom is -0.481 e. The van der Waals surface area contributed by atoms with E-state index in [4.69, 9.17) is 7.85 Å². The van der Waals surface area contributed by atoms with Gasteiger partial charge in [-0.2, -0.15) is 0 Å². The fraction of sp³-hybridized carbons (Fsp3) is 0.440. The number of ketones is 1. The van der Waals surface area contributed by atoms with Crippen LogP contribution in [0.2, 0.25) is 0 Å². The van der Waals surface area contributed by atoms with Crippen molar-refractivity contribution in [3.8, 4) is 0 Å². The first kappa shape index (κ1) is 18.9. The Morgan fingerprint density at radius 1 is 0.786 bits per heavy atom. The molecule has 28 heavy (non-hydrogen) atoms. The number of hydrogen-bond donors (Lipinski definition) is 1. The summed E-state index contributed by atoms with van der Waals surface area (Å²) in [6.07, 6.45) is 7.98. The van der Waals surface area contributed by atoms with Crippen LogP contribution in [0, 0.1) is 6.90 Å². The Kier molecular flexibility index (Phi) is 8.19. The second-order valence-corrected chi connectivity index (χ2v) is 7.26. The number of carbonyl (C=O) groups is 2. The standard InChI is InChI=1S/C25H32O3/c1-20-12-16-22(17-13-20)25(28)23-18-14-21(15-19-23)10-8-6-4-2-3-5-7-9-11-24(26)27/h12-19H,2-11H2,1H3,(H,26,27)/i1D,10D. The fourth-order valence-corrected chi connectivity index (χ4v) is 3.17. The van der Waals surface area contributed by atoms with Crippen LogP contribution in [-0.4, -0.2) is 16.9 Å². The second kappa shape index (κ2) is 12.1. The summed E-state index contributed by atoms with van der Waals surface area (Å²) in [6, 6.07) is 14.5. The number of carbonyl (C=O) groups excluding carboxylic acids is 1. The minimum atomic E-state index is -0.715. The fourth-order valence-electron chi connectivity index (χ4n) is 3.17. The van der Waals surface area contributed by atoms with Gasteiger partial charge in [-0.25, -0.2) is 0 Å². The maximum atomic E-state index is 12.6. The Hall–Kier alpha value is -2.42. The second-order valence-electron chi connectivity index (χ2n) is 7.26. The Bertz CT molecular complexity index is 785. The van der Waals surface area contributed by atoms with Crippen molar-refractivity contribution in [1.82, 2.24) is 0 Å². The van der Waals surface area contributed by atoms with Gasteiger partial charge in [0.1, 0.15) is 0 Å². The largest absolute Gasteiger partial charge is 0.481 e. The monoisotopic (exact) mass is 382 g/mol. The third-order valence-electron chi connectivity index (χ3n) is 4.86. The van der Waals surface area contributed by atoms with Crippen LogP contribution < -0.4 is 0 Å². The van der Waals surface area contributed by atoms with E-state index in [2.05, 4.69) is 0 Å². The van der Waals surface area contributed by atoms with Crippen LogP contribution in [0.25, 0.3) is 0 Å². The number of carboxylic acids is 1. The van der Waals surface area contributed by atoms with Crippen molar-refractivity contribution in [3.05, 3.63) is 70.8 Å². The van der Waals surface area contributed by atoms with E-state index in [1.807, 2.05) is 24.3 Å². The van der Waals surface area contributed by atoms with Gasteiger partial charge in [-0.3, -0.25) is 9.59 Å². The number of benzene rings is 2. The SMILES string of the molecule is [2H]Cc1ccc(C(=O)c2ccc(C([2H])CCCCCCCCCC(=O)O)cc2)cc1. The highest BCUT2D eigenvalue weighted by molar-refractivity contribution is 6.08. The summed E-state index contributed by atoms with van der Waals surface area (Å²) in [5, 5.41) is 8.60. The van der Waals surface area contributed by atoms with E-state index < -0.39 is 5.97 Å². The molecule has 0 aliphatic heterocycles. The van der Waals surface area contributed by atoms with Gasteiger partial charge in [-0.05, 0) is 31.7 Å². The first-order chi connectivity index (χ1) is 14.5. The minimum absolute atomic E-state index is 0.0389. The predicted molar refractivity (Wildman–Crippen MR) is 114 cm³/mol. The molecule has 0 amide bonds. The molecule has 1 unspecified atom stereocenters. The van der Waals surface area contributed by atoms with Gasteiger partial charge in [0.05, 0.1) is 0 Å². The molecule has 150 valence electrons. The Morgan fingerprint density at radius 2 is 1.29 bits per heavy atom. The van der Waals surface area contributed by atoms with Crippen molar-refractivity contribution >= 4 is 11.8 Å². The summed E-state index contributed by atoms with van der Waals surface area (Å²) in [7, 11) is 0. The molecular weight excluding hydrogens is 348 g/mol. The molecule has 3 nitrogen and oxygen atoms in total. The van der Waals surface area contributed by atoms with E-state index in [1.165, 1.54) is 0 Å². The summed E-state index contributed by atoms with van der Waals surface area (Å²) >= 11 is 0. The summed E-state index contributed by atoms with van der Waals surface area (Å²) in [6.45, 7) is 0.209. The number of carboxylic acid groups (broad SMARTS) is 1. The third kappa shape index (κ3) is 8.08. The van der Waals surface area contributed by atoms with Crippen molar-refractivity contribution in [2.24, 2.45) is 0 Å². The smallest absolute Gasteiger partial charge is 0.303 e. The van der Waals surface area contributed by atoms with Gasteiger partial charge in [0.15, 0.2) is 5.78 Å². The van der Waals surface area contributed by atoms with Gasteiger partial charge in [-0.1, -0.05) is 92.6 Å². The molecule has 2 aromatic rings. The number of unbranched alkanes of at least 4 members (excludes halogenated alkanes) is 6. The summed E-state index contributed by atoms with van der Waals surface area (Å²) in [5.74, 6) is -0.754. The first-order valence-electron chi connectivity index (χ1n) is 11.5. The lowest BCUT2D eigenvalue weighted by Crippen LogP contribution is -2.01. The molecule has 0 radical (unpaired) electrons. The van der Waals surface area contributed by atoms with E-state index >= 15 is 0 Å². The van der Waals surface area contributed by atoms with E-state index in [0.717, 1.165) is 62.5 Å². The third-order valence-corrected chi connectivity index (χ3v) is 4.86. The molecule has 0 fully saturated rings. The van der Waals surface area contributed by atoms with Crippen LogP contribution in [0.4, 0.5) is 0 Å². The number of hydrogen-bond acceptors (Lipinski definition) is 2.